The molecule has 1 unspecified atom stereocenters. The highest BCUT2D eigenvalue weighted by Gasteiger charge is 2.29. The highest BCUT2D eigenvalue weighted by atomic mass is 15.2. The maximum absolute atomic E-state index is 4.69. The fourth-order valence-corrected chi connectivity index (χ4v) is 3.79. The number of benzene rings is 2. The van der Waals surface area contributed by atoms with Gasteiger partial charge in [0, 0.05) is 16.8 Å². The lowest BCUT2D eigenvalue weighted by molar-refractivity contribution is 0.265. The molecule has 0 aliphatic heterocycles. The molecule has 0 N–H and O–H groups in total. The molecule has 2 heteroatoms. The van der Waals surface area contributed by atoms with Crippen LogP contribution in [0.2, 0.25) is 0 Å². The quantitative estimate of drug-likeness (QED) is 0.510. The Morgan fingerprint density at radius 3 is 1.96 bits per heavy atom. The highest BCUT2D eigenvalue weighted by Crippen LogP contribution is 2.37. The molecular formula is C22H26N2. The van der Waals surface area contributed by atoms with Crippen molar-refractivity contribution in [3.05, 3.63) is 71.8 Å². The first-order chi connectivity index (χ1) is 11.5. The van der Waals surface area contributed by atoms with Crippen LogP contribution in [-0.2, 0) is 0 Å². The van der Waals surface area contributed by atoms with Crippen LogP contribution in [0.5, 0.6) is 0 Å². The second kappa shape index (κ2) is 7.12. The van der Waals surface area contributed by atoms with E-state index in [1.165, 1.54) is 12.1 Å². The Hall–Kier alpha value is -2.22. The topological polar surface area (TPSA) is 24.7 Å². The van der Waals surface area contributed by atoms with E-state index in [2.05, 4.69) is 50.1 Å². The molecule has 0 spiro atoms. The summed E-state index contributed by atoms with van der Waals surface area (Å²) in [5.41, 5.74) is 4.71. The van der Waals surface area contributed by atoms with Gasteiger partial charge in [-0.25, -0.2) is 0 Å². The van der Waals surface area contributed by atoms with Crippen molar-refractivity contribution in [2.75, 3.05) is 0 Å². The summed E-state index contributed by atoms with van der Waals surface area (Å²) in [5.74, 6) is 0.680. The van der Waals surface area contributed by atoms with Crippen LogP contribution in [0.3, 0.4) is 0 Å². The molecule has 0 bridgehead atoms. The lowest BCUT2D eigenvalue weighted by atomic mass is 9.72. The van der Waals surface area contributed by atoms with E-state index < -0.39 is 0 Å². The summed E-state index contributed by atoms with van der Waals surface area (Å²) >= 11 is 0. The van der Waals surface area contributed by atoms with Crippen molar-refractivity contribution in [3.63, 3.8) is 0 Å². The predicted octanol–water partition coefficient (Wildman–Crippen LogP) is 5.73. The summed E-state index contributed by atoms with van der Waals surface area (Å²) in [6.45, 7) is 6.98. The van der Waals surface area contributed by atoms with Gasteiger partial charge in [0.25, 0.3) is 0 Å². The van der Waals surface area contributed by atoms with Crippen LogP contribution in [0, 0.1) is 11.3 Å². The average molecular weight is 318 g/mol. The summed E-state index contributed by atoms with van der Waals surface area (Å²) < 4.78 is 0. The average Bonchev–Trinajstić information content (AvgIpc) is 2.55. The van der Waals surface area contributed by atoms with Crippen LogP contribution >= 0.6 is 0 Å². The smallest absolute Gasteiger partial charge is 0.100 e. The van der Waals surface area contributed by atoms with Crippen molar-refractivity contribution >= 4 is 11.4 Å². The Balaban J connectivity index is 1.97. The fraction of sp³-hybridized carbons (Fsp3) is 0.364. The zero-order valence-corrected chi connectivity index (χ0v) is 14.9. The van der Waals surface area contributed by atoms with Crippen LogP contribution in [-0.4, -0.2) is 11.4 Å². The molecule has 1 fully saturated rings. The van der Waals surface area contributed by atoms with E-state index in [0.717, 1.165) is 29.7 Å². The van der Waals surface area contributed by atoms with Crippen molar-refractivity contribution in [2.24, 2.45) is 21.5 Å². The Kier molecular flexibility index (Phi) is 4.94. The summed E-state index contributed by atoms with van der Waals surface area (Å²) in [7, 11) is 0. The molecule has 24 heavy (non-hydrogen) atoms. The summed E-state index contributed by atoms with van der Waals surface area (Å²) in [5, 5.41) is 9.38. The van der Waals surface area contributed by atoms with E-state index in [1.54, 1.807) is 0 Å². The molecule has 1 aliphatic carbocycles. The van der Waals surface area contributed by atoms with Crippen LogP contribution < -0.4 is 0 Å². The molecule has 2 nitrogen and oxygen atoms in total. The summed E-state index contributed by atoms with van der Waals surface area (Å²) in [4.78, 5) is 0. The monoisotopic (exact) mass is 318 g/mol. The molecule has 2 aromatic rings. The number of rotatable bonds is 3. The van der Waals surface area contributed by atoms with Crippen molar-refractivity contribution in [1.29, 1.82) is 0 Å². The first kappa shape index (κ1) is 16.6. The third-order valence-corrected chi connectivity index (χ3v) is 4.55. The zero-order valence-electron chi connectivity index (χ0n) is 14.9. The molecule has 1 saturated carbocycles. The molecule has 0 radical (unpaired) electrons. The van der Waals surface area contributed by atoms with E-state index in [0.29, 0.717) is 11.3 Å². The van der Waals surface area contributed by atoms with Gasteiger partial charge in [-0.3, -0.25) is 0 Å². The standard InChI is InChI=1S/C22H26N2/c1-17-14-20(16-22(2,3)15-17)23-24-21(18-10-6-4-7-11-18)19-12-8-5-9-13-19/h4-13,17H,14-16H2,1-3H3. The first-order valence-corrected chi connectivity index (χ1v) is 8.78. The largest absolute Gasteiger partial charge is 0.159 e. The molecule has 0 heterocycles. The highest BCUT2D eigenvalue weighted by molar-refractivity contribution is 6.13. The lowest BCUT2D eigenvalue weighted by Crippen LogP contribution is -2.27. The van der Waals surface area contributed by atoms with Crippen molar-refractivity contribution in [2.45, 2.75) is 40.0 Å². The van der Waals surface area contributed by atoms with E-state index in [-0.39, 0.29) is 0 Å². The molecule has 0 amide bonds. The molecule has 2 aromatic carbocycles. The fourth-order valence-electron chi connectivity index (χ4n) is 3.79. The van der Waals surface area contributed by atoms with Gasteiger partial charge >= 0.3 is 0 Å². The SMILES string of the molecule is CC1CC(=NN=C(c2ccccc2)c2ccccc2)CC(C)(C)C1. The normalized spacial score (nSPS) is 21.5. The van der Waals surface area contributed by atoms with E-state index >= 15 is 0 Å². The molecule has 1 atom stereocenters. The molecular weight excluding hydrogens is 292 g/mol. The molecule has 3 rings (SSSR count). The predicted molar refractivity (Wildman–Crippen MR) is 103 cm³/mol. The van der Waals surface area contributed by atoms with Gasteiger partial charge in [0.05, 0.1) is 0 Å². The summed E-state index contributed by atoms with van der Waals surface area (Å²) in [6.07, 6.45) is 3.36. The molecule has 1 aliphatic rings. The third kappa shape index (κ3) is 4.19. The lowest BCUT2D eigenvalue weighted by Gasteiger charge is -2.34. The third-order valence-electron chi connectivity index (χ3n) is 4.55. The maximum Gasteiger partial charge on any atom is 0.100 e. The van der Waals surface area contributed by atoms with Crippen molar-refractivity contribution < 1.29 is 0 Å². The molecule has 0 saturated heterocycles. The Labute approximate surface area is 145 Å². The van der Waals surface area contributed by atoms with Crippen molar-refractivity contribution in [3.8, 4) is 0 Å². The van der Waals surface area contributed by atoms with Gasteiger partial charge in [-0.15, -0.1) is 5.10 Å². The van der Waals surface area contributed by atoms with Crippen LogP contribution in [0.25, 0.3) is 0 Å². The van der Waals surface area contributed by atoms with Crippen LogP contribution in [0.1, 0.15) is 51.2 Å². The van der Waals surface area contributed by atoms with Gasteiger partial charge in [0.1, 0.15) is 5.71 Å². The number of hydrogen-bond donors (Lipinski definition) is 0. The molecule has 0 aromatic heterocycles. The number of nitrogens with zero attached hydrogens (tertiary/aromatic N) is 2. The van der Waals surface area contributed by atoms with Crippen LogP contribution in [0.15, 0.2) is 70.9 Å². The van der Waals surface area contributed by atoms with E-state index in [4.69, 9.17) is 5.10 Å². The minimum atomic E-state index is 0.325. The van der Waals surface area contributed by atoms with E-state index in [9.17, 15) is 0 Å². The van der Waals surface area contributed by atoms with Crippen LogP contribution in [0.4, 0.5) is 0 Å². The minimum Gasteiger partial charge on any atom is -0.159 e. The van der Waals surface area contributed by atoms with Crippen molar-refractivity contribution in [1.82, 2.24) is 0 Å². The summed E-state index contributed by atoms with van der Waals surface area (Å²) in [6, 6.07) is 20.6. The van der Waals surface area contributed by atoms with Gasteiger partial charge in [-0.2, -0.15) is 5.10 Å². The maximum atomic E-state index is 4.69. The number of hydrogen-bond acceptors (Lipinski definition) is 2. The van der Waals surface area contributed by atoms with Gasteiger partial charge in [0.15, 0.2) is 0 Å². The zero-order chi connectivity index (χ0) is 17.0. The Morgan fingerprint density at radius 2 is 1.46 bits per heavy atom. The van der Waals surface area contributed by atoms with Gasteiger partial charge in [-0.05, 0) is 30.6 Å². The molecule has 124 valence electrons. The second-order valence-corrected chi connectivity index (χ2v) is 7.70. The Morgan fingerprint density at radius 1 is 0.917 bits per heavy atom. The first-order valence-electron chi connectivity index (χ1n) is 8.78. The second-order valence-electron chi connectivity index (χ2n) is 7.70. The Bertz CT molecular complexity index is 686. The van der Waals surface area contributed by atoms with Gasteiger partial charge in [0.2, 0.25) is 0 Å². The minimum absolute atomic E-state index is 0.325. The van der Waals surface area contributed by atoms with Gasteiger partial charge in [-0.1, -0.05) is 81.4 Å². The van der Waals surface area contributed by atoms with E-state index in [1.807, 2.05) is 36.4 Å². The van der Waals surface area contributed by atoms with Gasteiger partial charge < -0.3 is 0 Å².